The highest BCUT2D eigenvalue weighted by atomic mass is 16.3. The van der Waals surface area contributed by atoms with Gasteiger partial charge in [-0.15, -0.1) is 5.10 Å². The van der Waals surface area contributed by atoms with E-state index in [-0.39, 0.29) is 6.61 Å². The molecule has 0 unspecified atom stereocenters. The van der Waals surface area contributed by atoms with Crippen molar-refractivity contribution in [2.24, 2.45) is 5.92 Å². The molecule has 1 heterocycles. The number of hydrogen-bond acceptors (Lipinski definition) is 4. The fourth-order valence-corrected chi connectivity index (χ4v) is 2.52. The molecule has 2 rings (SSSR count). The first-order valence-electron chi connectivity index (χ1n) is 6.53. The minimum absolute atomic E-state index is 0.106. The second-order valence-electron chi connectivity index (χ2n) is 4.91. The van der Waals surface area contributed by atoms with Gasteiger partial charge in [0.1, 0.15) is 0 Å². The van der Waals surface area contributed by atoms with Gasteiger partial charge in [-0.2, -0.15) is 0 Å². The maximum absolute atomic E-state index is 8.79. The molecule has 1 aliphatic rings. The Kier molecular flexibility index (Phi) is 4.50. The highest BCUT2D eigenvalue weighted by molar-refractivity contribution is 4.92. The first kappa shape index (κ1) is 12.5. The highest BCUT2D eigenvalue weighted by Crippen LogP contribution is 2.27. The van der Waals surface area contributed by atoms with E-state index in [0.717, 1.165) is 18.2 Å². The zero-order valence-electron chi connectivity index (χ0n) is 10.5. The molecule has 5 nitrogen and oxygen atoms in total. The van der Waals surface area contributed by atoms with E-state index in [1.54, 1.807) is 4.68 Å². The number of nitrogens with one attached hydrogen (secondary N) is 1. The molecule has 0 amide bonds. The lowest BCUT2D eigenvalue weighted by molar-refractivity contribution is 0.268. The maximum atomic E-state index is 8.79. The number of nitrogens with zero attached hydrogens (tertiary/aromatic N) is 3. The Morgan fingerprint density at radius 2 is 2.29 bits per heavy atom. The van der Waals surface area contributed by atoms with Gasteiger partial charge in [-0.1, -0.05) is 18.1 Å². The van der Waals surface area contributed by atoms with Crippen LogP contribution in [0.15, 0.2) is 6.20 Å². The summed E-state index contributed by atoms with van der Waals surface area (Å²) < 4.78 is 1.68. The Morgan fingerprint density at radius 1 is 1.53 bits per heavy atom. The summed E-state index contributed by atoms with van der Waals surface area (Å²) in [5, 5.41) is 20.3. The summed E-state index contributed by atoms with van der Waals surface area (Å²) in [6, 6.07) is 0.556. The van der Waals surface area contributed by atoms with Gasteiger partial charge in [-0.05, 0) is 25.7 Å². The minimum atomic E-state index is 0.106. The standard InChI is InChI=1S/C12H22N4O/c1-10(11-4-2-3-5-11)13-8-12-9-16(6-7-17)15-14-12/h9-11,13,17H,2-8H2,1H3/t10-/m0/s1. The van der Waals surface area contributed by atoms with Gasteiger partial charge in [0, 0.05) is 18.8 Å². The Bertz CT molecular complexity index is 333. The molecule has 17 heavy (non-hydrogen) atoms. The summed E-state index contributed by atoms with van der Waals surface area (Å²) in [5.41, 5.74) is 0.947. The van der Waals surface area contributed by atoms with Crippen LogP contribution in [0.5, 0.6) is 0 Å². The topological polar surface area (TPSA) is 63.0 Å². The smallest absolute Gasteiger partial charge is 0.0964 e. The lowest BCUT2D eigenvalue weighted by Crippen LogP contribution is -2.31. The average molecular weight is 238 g/mol. The van der Waals surface area contributed by atoms with Gasteiger partial charge >= 0.3 is 0 Å². The van der Waals surface area contributed by atoms with E-state index in [1.165, 1.54) is 25.7 Å². The molecular formula is C12H22N4O. The molecule has 1 atom stereocenters. The molecule has 0 radical (unpaired) electrons. The molecule has 1 saturated carbocycles. The van der Waals surface area contributed by atoms with Crippen LogP contribution in [0.2, 0.25) is 0 Å². The maximum Gasteiger partial charge on any atom is 0.0964 e. The summed E-state index contributed by atoms with van der Waals surface area (Å²) in [5.74, 6) is 0.822. The van der Waals surface area contributed by atoms with Crippen molar-refractivity contribution in [2.45, 2.75) is 51.7 Å². The molecular weight excluding hydrogens is 216 g/mol. The van der Waals surface area contributed by atoms with Crippen LogP contribution in [0.1, 0.15) is 38.3 Å². The van der Waals surface area contributed by atoms with Gasteiger partial charge in [-0.3, -0.25) is 0 Å². The lowest BCUT2D eigenvalue weighted by Gasteiger charge is -2.19. The van der Waals surface area contributed by atoms with Crippen LogP contribution in [-0.4, -0.2) is 32.7 Å². The quantitative estimate of drug-likeness (QED) is 0.774. The van der Waals surface area contributed by atoms with E-state index in [1.807, 2.05) is 6.20 Å². The summed E-state index contributed by atoms with van der Waals surface area (Å²) in [4.78, 5) is 0. The first-order chi connectivity index (χ1) is 8.29. The van der Waals surface area contributed by atoms with E-state index >= 15 is 0 Å². The zero-order chi connectivity index (χ0) is 12.1. The van der Waals surface area contributed by atoms with Gasteiger partial charge in [0.05, 0.1) is 18.8 Å². The van der Waals surface area contributed by atoms with Gasteiger partial charge in [0.2, 0.25) is 0 Å². The van der Waals surface area contributed by atoms with Crippen molar-refractivity contribution in [3.8, 4) is 0 Å². The number of aliphatic hydroxyl groups excluding tert-OH is 1. The number of rotatable bonds is 6. The highest BCUT2D eigenvalue weighted by Gasteiger charge is 2.21. The lowest BCUT2D eigenvalue weighted by atomic mass is 10.00. The van der Waals surface area contributed by atoms with Crippen LogP contribution in [0, 0.1) is 5.92 Å². The Morgan fingerprint density at radius 3 is 3.00 bits per heavy atom. The molecule has 1 aromatic rings. The van der Waals surface area contributed by atoms with E-state index in [2.05, 4.69) is 22.6 Å². The summed E-state index contributed by atoms with van der Waals surface area (Å²) in [6.07, 6.45) is 7.36. The SMILES string of the molecule is C[C@H](NCc1cn(CCO)nn1)C1CCCC1. The molecule has 1 aromatic heterocycles. The van der Waals surface area contributed by atoms with Crippen LogP contribution < -0.4 is 5.32 Å². The third-order valence-electron chi connectivity index (χ3n) is 3.63. The third-order valence-corrected chi connectivity index (χ3v) is 3.63. The number of aromatic nitrogens is 3. The molecule has 96 valence electrons. The number of hydrogen-bond donors (Lipinski definition) is 2. The fraction of sp³-hybridized carbons (Fsp3) is 0.833. The van der Waals surface area contributed by atoms with Crippen LogP contribution in [0.25, 0.3) is 0 Å². The monoisotopic (exact) mass is 238 g/mol. The second-order valence-corrected chi connectivity index (χ2v) is 4.91. The van der Waals surface area contributed by atoms with E-state index in [0.29, 0.717) is 12.6 Å². The van der Waals surface area contributed by atoms with E-state index < -0.39 is 0 Å². The predicted octanol–water partition coefficient (Wildman–Crippen LogP) is 0.939. The largest absolute Gasteiger partial charge is 0.394 e. The molecule has 2 N–H and O–H groups in total. The van der Waals surface area contributed by atoms with E-state index in [4.69, 9.17) is 5.11 Å². The normalized spacial score (nSPS) is 18.7. The fourth-order valence-electron chi connectivity index (χ4n) is 2.52. The molecule has 0 aliphatic heterocycles. The van der Waals surface area contributed by atoms with Crippen LogP contribution in [0.4, 0.5) is 0 Å². The van der Waals surface area contributed by atoms with Gasteiger partial charge in [0.25, 0.3) is 0 Å². The summed E-state index contributed by atoms with van der Waals surface area (Å²) in [7, 11) is 0. The Balaban J connectivity index is 1.76. The zero-order valence-corrected chi connectivity index (χ0v) is 10.5. The number of aliphatic hydroxyl groups is 1. The van der Waals surface area contributed by atoms with Crippen LogP contribution in [-0.2, 0) is 13.1 Å². The first-order valence-corrected chi connectivity index (χ1v) is 6.53. The molecule has 0 bridgehead atoms. The molecule has 5 heteroatoms. The predicted molar refractivity (Wildman–Crippen MR) is 65.4 cm³/mol. The molecule has 0 spiro atoms. The van der Waals surface area contributed by atoms with Crippen molar-refractivity contribution in [3.05, 3.63) is 11.9 Å². The van der Waals surface area contributed by atoms with Crippen LogP contribution >= 0.6 is 0 Å². The molecule has 1 fully saturated rings. The van der Waals surface area contributed by atoms with Crippen molar-refractivity contribution in [1.29, 1.82) is 0 Å². The van der Waals surface area contributed by atoms with Crippen molar-refractivity contribution in [3.63, 3.8) is 0 Å². The van der Waals surface area contributed by atoms with Crippen LogP contribution in [0.3, 0.4) is 0 Å². The summed E-state index contributed by atoms with van der Waals surface area (Å²) >= 11 is 0. The van der Waals surface area contributed by atoms with Gasteiger partial charge in [0.15, 0.2) is 0 Å². The Labute approximate surface area is 102 Å². The summed E-state index contributed by atoms with van der Waals surface area (Å²) in [6.45, 7) is 3.65. The van der Waals surface area contributed by atoms with E-state index in [9.17, 15) is 0 Å². The average Bonchev–Trinajstić information content (AvgIpc) is 2.97. The van der Waals surface area contributed by atoms with Crippen molar-refractivity contribution in [2.75, 3.05) is 6.61 Å². The van der Waals surface area contributed by atoms with Crippen molar-refractivity contribution >= 4 is 0 Å². The Hall–Kier alpha value is -0.940. The second kappa shape index (κ2) is 6.12. The van der Waals surface area contributed by atoms with Gasteiger partial charge in [-0.25, -0.2) is 4.68 Å². The van der Waals surface area contributed by atoms with Crippen molar-refractivity contribution in [1.82, 2.24) is 20.3 Å². The van der Waals surface area contributed by atoms with Crippen molar-refractivity contribution < 1.29 is 5.11 Å². The third kappa shape index (κ3) is 3.51. The molecule has 1 aliphatic carbocycles. The van der Waals surface area contributed by atoms with Gasteiger partial charge < -0.3 is 10.4 Å². The molecule has 0 aromatic carbocycles. The minimum Gasteiger partial charge on any atom is -0.394 e. The molecule has 0 saturated heterocycles.